The van der Waals surface area contributed by atoms with Crippen molar-refractivity contribution in [3.05, 3.63) is 23.8 Å². The van der Waals surface area contributed by atoms with Gasteiger partial charge in [-0.05, 0) is 31.0 Å². The summed E-state index contributed by atoms with van der Waals surface area (Å²) in [6, 6.07) is 4.20. The number of amides is 3. The summed E-state index contributed by atoms with van der Waals surface area (Å²) < 4.78 is 23.3. The molecule has 3 N–H and O–H groups in total. The highest BCUT2D eigenvalue weighted by Gasteiger charge is 2.34. The monoisotopic (exact) mass is 369 g/mol. The molecule has 0 bridgehead atoms. The van der Waals surface area contributed by atoms with E-state index in [9.17, 15) is 23.1 Å². The predicted octanol–water partition coefficient (Wildman–Crippen LogP) is 0.967. The highest BCUT2D eigenvalue weighted by Crippen LogP contribution is 2.23. The van der Waals surface area contributed by atoms with E-state index in [1.807, 2.05) is 6.92 Å². The second kappa shape index (κ2) is 7.83. The molecule has 25 heavy (non-hydrogen) atoms. The van der Waals surface area contributed by atoms with Crippen LogP contribution in [0.25, 0.3) is 0 Å². The Hall–Kier alpha value is -2.13. The Morgan fingerprint density at radius 3 is 2.60 bits per heavy atom. The number of aliphatic hydroxyl groups excluding tert-OH is 1. The van der Waals surface area contributed by atoms with Gasteiger partial charge >= 0.3 is 6.03 Å². The lowest BCUT2D eigenvalue weighted by atomic mass is 10.1. The number of aliphatic hydroxyl groups is 1. The smallest absolute Gasteiger partial charge is 0.322 e. The molecule has 1 heterocycles. The molecule has 0 spiro atoms. The van der Waals surface area contributed by atoms with E-state index in [0.717, 1.165) is 5.56 Å². The Morgan fingerprint density at radius 1 is 1.32 bits per heavy atom. The Morgan fingerprint density at radius 2 is 2.04 bits per heavy atom. The number of nitrogens with one attached hydrogen (secondary N) is 2. The average molecular weight is 369 g/mol. The molecule has 0 aliphatic carbocycles. The largest absolute Gasteiger partial charge is 0.395 e. The molecule has 8 nitrogen and oxygen atoms in total. The fraction of sp³-hybridized carbons (Fsp3) is 0.500. The lowest BCUT2D eigenvalue weighted by Crippen LogP contribution is -2.45. The molecule has 138 valence electrons. The van der Waals surface area contributed by atoms with E-state index in [0.29, 0.717) is 17.8 Å². The first kappa shape index (κ1) is 19.2. The van der Waals surface area contributed by atoms with E-state index in [-0.39, 0.29) is 30.6 Å². The van der Waals surface area contributed by atoms with Crippen molar-refractivity contribution in [2.24, 2.45) is 0 Å². The van der Waals surface area contributed by atoms with Gasteiger partial charge in [0.25, 0.3) is 0 Å². The normalized spacial score (nSPS) is 18.6. The van der Waals surface area contributed by atoms with E-state index in [1.165, 1.54) is 11.8 Å². The first-order chi connectivity index (χ1) is 11.7. The second-order valence-corrected chi connectivity index (χ2v) is 8.34. The van der Waals surface area contributed by atoms with Crippen LogP contribution < -0.4 is 10.6 Å². The Balaban J connectivity index is 2.16. The van der Waals surface area contributed by atoms with Crippen molar-refractivity contribution in [3.63, 3.8) is 0 Å². The van der Waals surface area contributed by atoms with Crippen LogP contribution in [-0.4, -0.2) is 61.1 Å². The summed E-state index contributed by atoms with van der Waals surface area (Å²) in [6.07, 6.45) is 0.362. The molecule has 0 radical (unpaired) electrons. The van der Waals surface area contributed by atoms with E-state index >= 15 is 0 Å². The van der Waals surface area contributed by atoms with Crippen molar-refractivity contribution in [2.75, 3.05) is 35.3 Å². The van der Waals surface area contributed by atoms with E-state index < -0.39 is 21.9 Å². The van der Waals surface area contributed by atoms with Gasteiger partial charge in [0.15, 0.2) is 9.84 Å². The molecular formula is C16H23N3O5S. The number of benzene rings is 1. The molecular weight excluding hydrogens is 346 g/mol. The highest BCUT2D eigenvalue weighted by molar-refractivity contribution is 7.91. The number of anilines is 2. The number of rotatable bonds is 5. The van der Waals surface area contributed by atoms with Gasteiger partial charge in [-0.25, -0.2) is 13.2 Å². The standard InChI is InChI=1S/C16H23N3O5S/c1-11-3-4-13(17-12(2)21)9-15(11)18-16(22)19(6-7-20)14-5-8-25(23,24)10-14/h3-4,9,14,20H,5-8,10H2,1-2H3,(H,17,21)(H,18,22)/t14-/m0/s1. The molecule has 1 aromatic carbocycles. The van der Waals surface area contributed by atoms with Gasteiger partial charge in [0.05, 0.1) is 18.1 Å². The molecule has 1 saturated heterocycles. The van der Waals surface area contributed by atoms with Gasteiger partial charge in [-0.2, -0.15) is 0 Å². The minimum Gasteiger partial charge on any atom is -0.395 e. The molecule has 1 atom stereocenters. The van der Waals surface area contributed by atoms with E-state index in [4.69, 9.17) is 0 Å². The van der Waals surface area contributed by atoms with Gasteiger partial charge in [-0.1, -0.05) is 6.07 Å². The number of carbonyl (C=O) groups is 2. The van der Waals surface area contributed by atoms with Crippen LogP contribution in [0.1, 0.15) is 18.9 Å². The topological polar surface area (TPSA) is 116 Å². The van der Waals surface area contributed by atoms with Crippen molar-refractivity contribution in [1.29, 1.82) is 0 Å². The minimum atomic E-state index is -3.14. The maximum Gasteiger partial charge on any atom is 0.322 e. The molecule has 1 aromatic rings. The van der Waals surface area contributed by atoms with Crippen LogP contribution in [0, 0.1) is 6.92 Å². The fourth-order valence-corrected chi connectivity index (χ4v) is 4.53. The molecule has 1 aliphatic rings. The highest BCUT2D eigenvalue weighted by atomic mass is 32.2. The molecule has 2 rings (SSSR count). The summed E-state index contributed by atoms with van der Waals surface area (Å²) in [5, 5.41) is 14.6. The molecule has 0 aromatic heterocycles. The summed E-state index contributed by atoms with van der Waals surface area (Å²) in [5.41, 5.74) is 1.86. The van der Waals surface area contributed by atoms with Crippen LogP contribution in [0.2, 0.25) is 0 Å². The second-order valence-electron chi connectivity index (χ2n) is 6.11. The van der Waals surface area contributed by atoms with Gasteiger partial charge in [0.1, 0.15) is 0 Å². The zero-order valence-corrected chi connectivity index (χ0v) is 15.1. The maximum atomic E-state index is 12.6. The number of sulfone groups is 1. The van der Waals surface area contributed by atoms with Gasteiger partial charge in [-0.15, -0.1) is 0 Å². The molecule has 0 saturated carbocycles. The predicted molar refractivity (Wildman–Crippen MR) is 95.4 cm³/mol. The number of hydrogen-bond donors (Lipinski definition) is 3. The van der Waals surface area contributed by atoms with Crippen molar-refractivity contribution in [2.45, 2.75) is 26.3 Å². The minimum absolute atomic E-state index is 0.0456. The third-order valence-electron chi connectivity index (χ3n) is 4.05. The van der Waals surface area contributed by atoms with Crippen LogP contribution >= 0.6 is 0 Å². The van der Waals surface area contributed by atoms with Gasteiger partial charge in [0.2, 0.25) is 5.91 Å². The number of urea groups is 1. The van der Waals surface area contributed by atoms with Crippen molar-refractivity contribution in [1.82, 2.24) is 4.90 Å². The van der Waals surface area contributed by atoms with Crippen LogP contribution in [0.5, 0.6) is 0 Å². The number of aryl methyl sites for hydroxylation is 1. The van der Waals surface area contributed by atoms with E-state index in [1.54, 1.807) is 18.2 Å². The zero-order chi connectivity index (χ0) is 18.6. The van der Waals surface area contributed by atoms with Crippen LogP contribution in [-0.2, 0) is 14.6 Å². The third kappa shape index (κ3) is 5.17. The van der Waals surface area contributed by atoms with Gasteiger partial charge in [-0.3, -0.25) is 4.79 Å². The van der Waals surface area contributed by atoms with Gasteiger partial charge < -0.3 is 20.6 Å². The Kier molecular flexibility index (Phi) is 6.02. The summed E-state index contributed by atoms with van der Waals surface area (Å²) in [5.74, 6) is -0.269. The molecule has 1 aliphatic heterocycles. The lowest BCUT2D eigenvalue weighted by Gasteiger charge is -2.28. The molecule has 1 fully saturated rings. The number of nitrogens with zero attached hydrogens (tertiary/aromatic N) is 1. The first-order valence-corrected chi connectivity index (χ1v) is 9.81. The third-order valence-corrected chi connectivity index (χ3v) is 5.80. The summed E-state index contributed by atoms with van der Waals surface area (Å²) in [4.78, 5) is 25.1. The lowest BCUT2D eigenvalue weighted by molar-refractivity contribution is -0.114. The Labute approximate surface area is 147 Å². The Bertz CT molecular complexity index is 763. The quantitative estimate of drug-likeness (QED) is 0.715. The number of carbonyl (C=O) groups excluding carboxylic acids is 2. The fourth-order valence-electron chi connectivity index (χ4n) is 2.80. The zero-order valence-electron chi connectivity index (χ0n) is 14.3. The number of hydrogen-bond acceptors (Lipinski definition) is 5. The maximum absolute atomic E-state index is 12.6. The van der Waals surface area contributed by atoms with E-state index in [2.05, 4.69) is 10.6 Å². The SMILES string of the molecule is CC(=O)Nc1ccc(C)c(NC(=O)N(CCO)[C@H]2CCS(=O)(=O)C2)c1. The van der Waals surface area contributed by atoms with Crippen molar-refractivity contribution in [3.8, 4) is 0 Å². The molecule has 3 amide bonds. The summed E-state index contributed by atoms with van der Waals surface area (Å²) in [6.45, 7) is 3.00. The van der Waals surface area contributed by atoms with Crippen LogP contribution in [0.4, 0.5) is 16.2 Å². The van der Waals surface area contributed by atoms with Crippen molar-refractivity contribution >= 4 is 33.2 Å². The van der Waals surface area contributed by atoms with Crippen LogP contribution in [0.15, 0.2) is 18.2 Å². The van der Waals surface area contributed by atoms with Crippen LogP contribution in [0.3, 0.4) is 0 Å². The molecule has 9 heteroatoms. The first-order valence-electron chi connectivity index (χ1n) is 7.99. The molecule has 0 unspecified atom stereocenters. The average Bonchev–Trinajstić information content (AvgIpc) is 2.87. The van der Waals surface area contributed by atoms with Crippen molar-refractivity contribution < 1.29 is 23.1 Å². The van der Waals surface area contributed by atoms with Gasteiger partial charge in [0, 0.05) is 30.9 Å². The summed E-state index contributed by atoms with van der Waals surface area (Å²) >= 11 is 0. The summed E-state index contributed by atoms with van der Waals surface area (Å²) in [7, 11) is -3.14.